The fraction of sp³-hybridized carbons (Fsp3) is 0.412. The Kier molecular flexibility index (Phi) is 4.24. The summed E-state index contributed by atoms with van der Waals surface area (Å²) < 4.78 is 1.99. The van der Waals surface area contributed by atoms with Gasteiger partial charge < -0.3 is 14.6 Å². The van der Waals surface area contributed by atoms with Crippen molar-refractivity contribution in [1.82, 2.24) is 14.5 Å². The van der Waals surface area contributed by atoms with Gasteiger partial charge in [0, 0.05) is 37.6 Å². The normalized spacial score (nSPS) is 21.8. The number of aliphatic hydroxyl groups is 1. The molecule has 1 saturated heterocycles. The van der Waals surface area contributed by atoms with E-state index in [1.165, 1.54) is 0 Å². The molecule has 0 saturated carbocycles. The number of aromatic nitrogens is 2. The van der Waals surface area contributed by atoms with E-state index >= 15 is 0 Å². The fourth-order valence-corrected chi connectivity index (χ4v) is 2.76. The lowest BCUT2D eigenvalue weighted by atomic mass is 9.95. The van der Waals surface area contributed by atoms with E-state index in [0.717, 1.165) is 18.5 Å². The maximum absolute atomic E-state index is 12.5. The topological polar surface area (TPSA) is 58.4 Å². The number of likely N-dealkylation sites (tertiary alicyclic amines) is 1. The van der Waals surface area contributed by atoms with Gasteiger partial charge in [-0.15, -0.1) is 0 Å². The molecule has 0 bridgehead atoms. The molecule has 1 aliphatic rings. The van der Waals surface area contributed by atoms with Gasteiger partial charge in [0.2, 0.25) is 0 Å². The van der Waals surface area contributed by atoms with Crippen molar-refractivity contribution in [3.8, 4) is 0 Å². The average molecular weight is 299 g/mol. The summed E-state index contributed by atoms with van der Waals surface area (Å²) in [6, 6.07) is 7.66. The largest absolute Gasteiger partial charge is 0.391 e. The first-order valence-electron chi connectivity index (χ1n) is 7.65. The maximum atomic E-state index is 12.5. The zero-order chi connectivity index (χ0) is 15.5. The van der Waals surface area contributed by atoms with Crippen molar-refractivity contribution in [2.45, 2.75) is 26.0 Å². The van der Waals surface area contributed by atoms with Crippen molar-refractivity contribution in [3.05, 3.63) is 54.1 Å². The number of carbonyl (C=O) groups excluding carboxylic acids is 1. The summed E-state index contributed by atoms with van der Waals surface area (Å²) in [5.41, 5.74) is 1.80. The van der Waals surface area contributed by atoms with Gasteiger partial charge in [-0.1, -0.05) is 19.1 Å². The van der Waals surface area contributed by atoms with Crippen LogP contribution in [0.3, 0.4) is 0 Å². The summed E-state index contributed by atoms with van der Waals surface area (Å²) in [6.07, 6.45) is 5.87. The second-order valence-corrected chi connectivity index (χ2v) is 6.02. The van der Waals surface area contributed by atoms with Crippen LogP contribution in [0.1, 0.15) is 29.3 Å². The van der Waals surface area contributed by atoms with Crippen LogP contribution in [0.25, 0.3) is 0 Å². The molecule has 22 heavy (non-hydrogen) atoms. The number of hydrogen-bond donors (Lipinski definition) is 1. The number of β-amino-alcohol motifs (C(OH)–C–C–N with tert-alkyl or cyclic N) is 1. The van der Waals surface area contributed by atoms with Gasteiger partial charge in [0.1, 0.15) is 0 Å². The van der Waals surface area contributed by atoms with Crippen LogP contribution in [0.5, 0.6) is 0 Å². The highest BCUT2D eigenvalue weighted by Crippen LogP contribution is 2.19. The summed E-state index contributed by atoms with van der Waals surface area (Å²) in [5.74, 6) is 0.265. The number of piperidine rings is 1. The Hall–Kier alpha value is -2.14. The van der Waals surface area contributed by atoms with E-state index in [1.54, 1.807) is 17.4 Å². The molecule has 116 valence electrons. The van der Waals surface area contributed by atoms with Gasteiger partial charge in [0.05, 0.1) is 12.4 Å². The summed E-state index contributed by atoms with van der Waals surface area (Å²) in [5, 5.41) is 9.93. The third-order valence-corrected chi connectivity index (χ3v) is 4.33. The van der Waals surface area contributed by atoms with Crippen LogP contribution < -0.4 is 0 Å². The van der Waals surface area contributed by atoms with E-state index in [1.807, 2.05) is 42.0 Å². The van der Waals surface area contributed by atoms with E-state index in [0.29, 0.717) is 18.7 Å². The van der Waals surface area contributed by atoms with Crippen molar-refractivity contribution in [1.29, 1.82) is 0 Å². The Morgan fingerprint density at radius 3 is 2.77 bits per heavy atom. The number of nitrogens with zero attached hydrogens (tertiary/aromatic N) is 3. The van der Waals surface area contributed by atoms with Gasteiger partial charge in [-0.05, 0) is 30.0 Å². The summed E-state index contributed by atoms with van der Waals surface area (Å²) in [6.45, 7) is 3.91. The van der Waals surface area contributed by atoms with E-state index in [2.05, 4.69) is 4.98 Å². The fourth-order valence-electron chi connectivity index (χ4n) is 2.76. The molecule has 1 N–H and O–H groups in total. The first-order chi connectivity index (χ1) is 10.6. The van der Waals surface area contributed by atoms with Crippen LogP contribution in [-0.4, -0.2) is 44.7 Å². The quantitative estimate of drug-likeness (QED) is 0.940. The average Bonchev–Trinajstić information content (AvgIpc) is 3.03. The number of hydrogen-bond acceptors (Lipinski definition) is 3. The van der Waals surface area contributed by atoms with Crippen molar-refractivity contribution in [3.63, 3.8) is 0 Å². The van der Waals surface area contributed by atoms with Gasteiger partial charge >= 0.3 is 0 Å². The SMILES string of the molecule is CC1CCN(C(=O)c2ccc(Cn3ccnc3)cc2)CC1O. The predicted octanol–water partition coefficient (Wildman–Crippen LogP) is 1.77. The molecular formula is C17H21N3O2. The standard InChI is InChI=1S/C17H21N3O2/c1-13-6-8-20(11-16(13)21)17(22)15-4-2-14(3-5-15)10-19-9-7-18-12-19/h2-5,7,9,12-13,16,21H,6,8,10-11H2,1H3. The molecule has 2 heterocycles. The molecule has 2 atom stereocenters. The molecule has 1 amide bonds. The zero-order valence-corrected chi connectivity index (χ0v) is 12.7. The van der Waals surface area contributed by atoms with E-state index in [9.17, 15) is 9.90 Å². The third-order valence-electron chi connectivity index (χ3n) is 4.33. The van der Waals surface area contributed by atoms with Crippen LogP contribution in [0.2, 0.25) is 0 Å². The molecule has 1 aromatic carbocycles. The molecular weight excluding hydrogens is 278 g/mol. The number of amides is 1. The highest BCUT2D eigenvalue weighted by molar-refractivity contribution is 5.94. The lowest BCUT2D eigenvalue weighted by Crippen LogP contribution is -2.45. The third kappa shape index (κ3) is 3.20. The van der Waals surface area contributed by atoms with Crippen LogP contribution in [0.15, 0.2) is 43.0 Å². The molecule has 3 rings (SSSR count). The summed E-state index contributed by atoms with van der Waals surface area (Å²) in [7, 11) is 0. The first-order valence-corrected chi connectivity index (χ1v) is 7.65. The minimum Gasteiger partial charge on any atom is -0.391 e. The van der Waals surface area contributed by atoms with Crippen molar-refractivity contribution in [2.24, 2.45) is 5.92 Å². The minimum absolute atomic E-state index is 0.000121. The lowest BCUT2D eigenvalue weighted by Gasteiger charge is -2.34. The van der Waals surface area contributed by atoms with E-state index < -0.39 is 6.10 Å². The Morgan fingerprint density at radius 2 is 2.14 bits per heavy atom. The Morgan fingerprint density at radius 1 is 1.36 bits per heavy atom. The Balaban J connectivity index is 1.66. The van der Waals surface area contributed by atoms with E-state index in [-0.39, 0.29) is 11.8 Å². The van der Waals surface area contributed by atoms with Gasteiger partial charge in [0.15, 0.2) is 0 Å². The molecule has 0 radical (unpaired) electrons. The number of benzene rings is 1. The molecule has 5 nitrogen and oxygen atoms in total. The van der Waals surface area contributed by atoms with Gasteiger partial charge in [0.25, 0.3) is 5.91 Å². The number of carbonyl (C=O) groups is 1. The van der Waals surface area contributed by atoms with E-state index in [4.69, 9.17) is 0 Å². The van der Waals surface area contributed by atoms with Crippen LogP contribution in [-0.2, 0) is 6.54 Å². The number of aliphatic hydroxyl groups excluding tert-OH is 1. The molecule has 1 aromatic heterocycles. The second-order valence-electron chi connectivity index (χ2n) is 6.02. The molecule has 2 aromatic rings. The molecule has 2 unspecified atom stereocenters. The monoisotopic (exact) mass is 299 g/mol. The van der Waals surface area contributed by atoms with Gasteiger partial charge in [-0.2, -0.15) is 0 Å². The number of imidazole rings is 1. The van der Waals surface area contributed by atoms with Gasteiger partial charge in [-0.3, -0.25) is 4.79 Å². The van der Waals surface area contributed by atoms with Crippen molar-refractivity contribution >= 4 is 5.91 Å². The van der Waals surface area contributed by atoms with Crippen LogP contribution in [0, 0.1) is 5.92 Å². The zero-order valence-electron chi connectivity index (χ0n) is 12.7. The first kappa shape index (κ1) is 14.8. The second kappa shape index (κ2) is 6.32. The maximum Gasteiger partial charge on any atom is 0.253 e. The highest BCUT2D eigenvalue weighted by Gasteiger charge is 2.27. The van der Waals surface area contributed by atoms with Crippen molar-refractivity contribution < 1.29 is 9.90 Å². The van der Waals surface area contributed by atoms with Crippen molar-refractivity contribution in [2.75, 3.05) is 13.1 Å². The minimum atomic E-state index is -0.418. The molecule has 0 spiro atoms. The number of rotatable bonds is 3. The predicted molar refractivity (Wildman–Crippen MR) is 83.5 cm³/mol. The Labute approximate surface area is 130 Å². The smallest absolute Gasteiger partial charge is 0.253 e. The Bertz CT molecular complexity index is 622. The molecule has 0 aliphatic carbocycles. The van der Waals surface area contributed by atoms with Crippen LogP contribution in [0.4, 0.5) is 0 Å². The van der Waals surface area contributed by atoms with Gasteiger partial charge in [-0.25, -0.2) is 4.98 Å². The lowest BCUT2D eigenvalue weighted by molar-refractivity contribution is 0.0248. The highest BCUT2D eigenvalue weighted by atomic mass is 16.3. The van der Waals surface area contributed by atoms with Crippen LogP contribution >= 0.6 is 0 Å². The molecule has 5 heteroatoms. The summed E-state index contributed by atoms with van der Waals surface area (Å²) >= 11 is 0. The molecule has 1 aliphatic heterocycles. The molecule has 1 fully saturated rings. The summed E-state index contributed by atoms with van der Waals surface area (Å²) in [4.78, 5) is 18.2.